The van der Waals surface area contributed by atoms with E-state index in [9.17, 15) is 4.79 Å². The third-order valence-electron chi connectivity index (χ3n) is 1.69. The molecule has 0 aromatic carbocycles. The number of rotatable bonds is 10. The highest BCUT2D eigenvalue weighted by Gasteiger charge is 1.97. The van der Waals surface area contributed by atoms with Crippen LogP contribution in [0.4, 0.5) is 4.79 Å². The Morgan fingerprint density at radius 2 is 2.00 bits per heavy atom. The predicted octanol–water partition coefficient (Wildman–Crippen LogP) is 1.71. The van der Waals surface area contributed by atoms with Crippen molar-refractivity contribution in [3.05, 3.63) is 0 Å². The normalized spacial score (nSPS) is 10.2. The Bertz CT molecular complexity index is 153. The molecule has 0 aromatic rings. The number of carbonyl (C=O) groups is 1. The first kappa shape index (κ1) is 14.2. The second kappa shape index (κ2) is 11.2. The lowest BCUT2D eigenvalue weighted by atomic mass is 10.3. The molecule has 0 aromatic heterocycles. The van der Waals surface area contributed by atoms with Crippen LogP contribution in [0.2, 0.25) is 0 Å². The maximum absolute atomic E-state index is 9.80. The Hall–Kier alpha value is -0.850. The number of hydrogen-bond acceptors (Lipinski definition) is 5. The largest absolute Gasteiger partial charge is 0.540 e. The smallest absolute Gasteiger partial charge is 0.448 e. The average molecular weight is 221 g/mol. The van der Waals surface area contributed by atoms with E-state index in [0.29, 0.717) is 6.61 Å². The molecule has 0 radical (unpaired) electrons. The molecule has 0 aliphatic heterocycles. The van der Waals surface area contributed by atoms with Crippen LogP contribution in [-0.2, 0) is 14.8 Å². The summed E-state index contributed by atoms with van der Waals surface area (Å²) in [6.45, 7) is 4.44. The van der Waals surface area contributed by atoms with Gasteiger partial charge in [0.1, 0.15) is 0 Å². The van der Waals surface area contributed by atoms with Crippen molar-refractivity contribution in [3.8, 4) is 0 Å². The molecule has 0 saturated heterocycles. The number of carboxylic acid groups (broad SMARTS) is 1. The van der Waals surface area contributed by atoms with Crippen molar-refractivity contribution in [1.29, 1.82) is 0 Å². The van der Waals surface area contributed by atoms with Gasteiger partial charge in [-0.2, -0.15) is 4.89 Å². The zero-order valence-electron chi connectivity index (χ0n) is 9.03. The quantitative estimate of drug-likeness (QED) is 0.332. The monoisotopic (exact) mass is 221 g/mol. The van der Waals surface area contributed by atoms with Crippen LogP contribution in [0.15, 0.2) is 0 Å². The van der Waals surface area contributed by atoms with Crippen LogP contribution in [0, 0.1) is 0 Å². The van der Waals surface area contributed by atoms with Crippen molar-refractivity contribution in [2.24, 2.45) is 0 Å². The van der Waals surface area contributed by atoms with Crippen LogP contribution >= 0.6 is 0 Å². The van der Waals surface area contributed by atoms with Crippen molar-refractivity contribution >= 4 is 6.16 Å². The van der Waals surface area contributed by atoms with E-state index >= 15 is 0 Å². The van der Waals surface area contributed by atoms with Gasteiger partial charge in [0.2, 0.25) is 0 Å². The molecule has 2 N–H and O–H groups in total. The molecule has 0 fully saturated rings. The zero-order chi connectivity index (χ0) is 11.4. The Kier molecular flexibility index (Phi) is 10.6. The predicted molar refractivity (Wildman–Crippen MR) is 53.2 cm³/mol. The van der Waals surface area contributed by atoms with Gasteiger partial charge in [-0.25, -0.2) is 9.68 Å². The third kappa shape index (κ3) is 13.2. The van der Waals surface area contributed by atoms with Gasteiger partial charge >= 0.3 is 6.16 Å². The minimum atomic E-state index is -1.52. The second-order valence-corrected chi connectivity index (χ2v) is 3.05. The molecule has 0 saturated carbocycles. The van der Waals surface area contributed by atoms with Crippen LogP contribution in [-0.4, -0.2) is 31.0 Å². The first-order chi connectivity index (χ1) is 7.27. The van der Waals surface area contributed by atoms with Crippen molar-refractivity contribution < 1.29 is 24.7 Å². The summed E-state index contributed by atoms with van der Waals surface area (Å²) in [5.74, 6) is 0. The number of hydrogen-bond donors (Lipinski definition) is 2. The molecule has 0 aliphatic rings. The first-order valence-corrected chi connectivity index (χ1v) is 5.17. The third-order valence-corrected chi connectivity index (χ3v) is 1.69. The minimum Gasteiger partial charge on any atom is -0.448 e. The summed E-state index contributed by atoms with van der Waals surface area (Å²) >= 11 is 0. The zero-order valence-corrected chi connectivity index (χ0v) is 9.03. The summed E-state index contributed by atoms with van der Waals surface area (Å²) in [5.41, 5.74) is 0. The Balaban J connectivity index is 2.89. The van der Waals surface area contributed by atoms with Gasteiger partial charge in [-0.05, 0) is 37.4 Å². The highest BCUT2D eigenvalue weighted by atomic mass is 17.5. The molecule has 90 valence electrons. The van der Waals surface area contributed by atoms with Crippen LogP contribution in [0.3, 0.4) is 0 Å². The molecule has 0 rings (SSSR count). The fraction of sp³-hybridized carbons (Fsp3) is 0.889. The molecule has 0 atom stereocenters. The van der Waals surface area contributed by atoms with E-state index in [1.165, 1.54) is 12.8 Å². The van der Waals surface area contributed by atoms with E-state index in [2.05, 4.69) is 27.1 Å². The molecule has 0 bridgehead atoms. The van der Waals surface area contributed by atoms with E-state index in [1.54, 1.807) is 0 Å². The topological polar surface area (TPSA) is 77.0 Å². The molecule has 0 amide bonds. The summed E-state index contributed by atoms with van der Waals surface area (Å²) < 4.78 is 0. The number of unbranched alkanes of at least 4 members (excludes halogenated alkanes) is 2. The summed E-state index contributed by atoms with van der Waals surface area (Å²) in [6, 6.07) is 0. The van der Waals surface area contributed by atoms with Gasteiger partial charge in [0.15, 0.2) is 0 Å². The van der Waals surface area contributed by atoms with Crippen molar-refractivity contribution in [2.75, 3.05) is 19.7 Å². The summed E-state index contributed by atoms with van der Waals surface area (Å²) in [5, 5.41) is 15.2. The molecule has 0 spiro atoms. The van der Waals surface area contributed by atoms with Gasteiger partial charge in [0.25, 0.3) is 0 Å². The molecular formula is C9H19NO5. The summed E-state index contributed by atoms with van der Waals surface area (Å²) in [6.07, 6.45) is 2.61. The molecule has 0 heterocycles. The average Bonchev–Trinajstić information content (AvgIpc) is 2.20. The van der Waals surface area contributed by atoms with Gasteiger partial charge in [0.05, 0.1) is 6.61 Å². The van der Waals surface area contributed by atoms with Crippen molar-refractivity contribution in [2.45, 2.75) is 32.6 Å². The molecule has 6 nitrogen and oxygen atoms in total. The standard InChI is InChI=1S/C9H19NO5/c1-2-3-6-10-7-4-5-8-13-15-14-9(11)12/h10H,2-8H2,1H3,(H,11,12). The fourth-order valence-electron chi connectivity index (χ4n) is 0.925. The van der Waals surface area contributed by atoms with Crippen molar-refractivity contribution in [1.82, 2.24) is 5.32 Å². The van der Waals surface area contributed by atoms with Crippen LogP contribution < -0.4 is 5.32 Å². The molecule has 6 heteroatoms. The van der Waals surface area contributed by atoms with Gasteiger partial charge in [0, 0.05) is 0 Å². The van der Waals surface area contributed by atoms with E-state index in [4.69, 9.17) is 5.11 Å². The van der Waals surface area contributed by atoms with Gasteiger partial charge in [-0.3, -0.25) is 0 Å². The molecule has 15 heavy (non-hydrogen) atoms. The Labute approximate surface area is 89.4 Å². The molecular weight excluding hydrogens is 202 g/mol. The second-order valence-electron chi connectivity index (χ2n) is 3.05. The lowest BCUT2D eigenvalue weighted by Gasteiger charge is -2.03. The van der Waals surface area contributed by atoms with E-state index in [0.717, 1.165) is 25.9 Å². The molecule has 0 aliphatic carbocycles. The number of nitrogens with one attached hydrogen (secondary N) is 1. The van der Waals surface area contributed by atoms with Crippen molar-refractivity contribution in [3.63, 3.8) is 0 Å². The van der Waals surface area contributed by atoms with Crippen LogP contribution in [0.5, 0.6) is 0 Å². The molecule has 0 unspecified atom stereocenters. The van der Waals surface area contributed by atoms with E-state index < -0.39 is 6.16 Å². The van der Waals surface area contributed by atoms with Crippen LogP contribution in [0.1, 0.15) is 32.6 Å². The highest BCUT2D eigenvalue weighted by Crippen LogP contribution is 1.91. The minimum absolute atomic E-state index is 0.322. The lowest BCUT2D eigenvalue weighted by Crippen LogP contribution is -2.16. The Morgan fingerprint density at radius 1 is 1.27 bits per heavy atom. The summed E-state index contributed by atoms with van der Waals surface area (Å²) in [4.78, 5) is 17.9. The fourth-order valence-corrected chi connectivity index (χ4v) is 0.925. The first-order valence-electron chi connectivity index (χ1n) is 5.17. The highest BCUT2D eigenvalue weighted by molar-refractivity contribution is 5.55. The maximum atomic E-state index is 9.80. The van der Waals surface area contributed by atoms with Gasteiger partial charge in [-0.15, -0.1) is 0 Å². The SMILES string of the molecule is CCCCNCCCCOOOC(=O)O. The van der Waals surface area contributed by atoms with E-state index in [1.807, 2.05) is 0 Å². The van der Waals surface area contributed by atoms with Crippen LogP contribution in [0.25, 0.3) is 0 Å². The maximum Gasteiger partial charge on any atom is 0.540 e. The van der Waals surface area contributed by atoms with Gasteiger partial charge in [-0.1, -0.05) is 13.3 Å². The Morgan fingerprint density at radius 3 is 2.67 bits per heavy atom. The lowest BCUT2D eigenvalue weighted by molar-refractivity contribution is -0.485. The van der Waals surface area contributed by atoms with Gasteiger partial charge < -0.3 is 10.4 Å². The summed E-state index contributed by atoms with van der Waals surface area (Å²) in [7, 11) is 0. The van der Waals surface area contributed by atoms with E-state index in [-0.39, 0.29) is 0 Å².